The van der Waals surface area contributed by atoms with Crippen LogP contribution in [0.5, 0.6) is 0 Å². The standard InChI is InChI=1S/C16H16BrFN2/c17-13-5-4-12(15(18)8-13)10-20-7-6-14-11(9-20)2-1-3-16(14)19/h1-5,8H,6-7,9-10,19H2. The average molecular weight is 335 g/mol. The molecule has 3 rings (SSSR count). The van der Waals surface area contributed by atoms with Crippen LogP contribution in [0.4, 0.5) is 10.1 Å². The quantitative estimate of drug-likeness (QED) is 0.848. The summed E-state index contributed by atoms with van der Waals surface area (Å²) >= 11 is 3.28. The lowest BCUT2D eigenvalue weighted by molar-refractivity contribution is 0.242. The Morgan fingerprint density at radius 1 is 1.25 bits per heavy atom. The molecule has 0 radical (unpaired) electrons. The van der Waals surface area contributed by atoms with Crippen LogP contribution in [0.15, 0.2) is 40.9 Å². The highest BCUT2D eigenvalue weighted by atomic mass is 79.9. The van der Waals surface area contributed by atoms with Gasteiger partial charge in [-0.05, 0) is 35.7 Å². The normalized spacial score (nSPS) is 15.1. The summed E-state index contributed by atoms with van der Waals surface area (Å²) in [6.07, 6.45) is 0.931. The van der Waals surface area contributed by atoms with E-state index in [0.717, 1.165) is 35.2 Å². The molecular formula is C16H16BrFN2. The van der Waals surface area contributed by atoms with E-state index in [-0.39, 0.29) is 5.82 Å². The molecule has 0 bridgehead atoms. The van der Waals surface area contributed by atoms with Crippen molar-refractivity contribution in [3.05, 3.63) is 63.4 Å². The highest BCUT2D eigenvalue weighted by Gasteiger charge is 2.18. The van der Waals surface area contributed by atoms with Gasteiger partial charge in [-0.1, -0.05) is 34.1 Å². The van der Waals surface area contributed by atoms with Gasteiger partial charge in [-0.25, -0.2) is 4.39 Å². The molecule has 0 amide bonds. The van der Waals surface area contributed by atoms with Gasteiger partial charge < -0.3 is 5.73 Å². The molecule has 1 aliphatic heterocycles. The molecule has 0 saturated heterocycles. The van der Waals surface area contributed by atoms with E-state index in [1.54, 1.807) is 0 Å². The first kappa shape index (κ1) is 13.6. The van der Waals surface area contributed by atoms with Gasteiger partial charge in [-0.3, -0.25) is 4.90 Å². The molecule has 1 heterocycles. The Morgan fingerprint density at radius 2 is 2.10 bits per heavy atom. The van der Waals surface area contributed by atoms with E-state index in [2.05, 4.69) is 26.9 Å². The fourth-order valence-corrected chi connectivity index (χ4v) is 3.06. The Labute approximate surface area is 126 Å². The largest absolute Gasteiger partial charge is 0.398 e. The molecule has 20 heavy (non-hydrogen) atoms. The van der Waals surface area contributed by atoms with Gasteiger partial charge >= 0.3 is 0 Å². The van der Waals surface area contributed by atoms with Crippen molar-refractivity contribution in [1.29, 1.82) is 0 Å². The van der Waals surface area contributed by atoms with Crippen molar-refractivity contribution in [2.24, 2.45) is 0 Å². The van der Waals surface area contributed by atoms with Crippen molar-refractivity contribution in [3.63, 3.8) is 0 Å². The van der Waals surface area contributed by atoms with Crippen LogP contribution in [-0.2, 0) is 19.5 Å². The third-order valence-corrected chi connectivity index (χ3v) is 4.28. The van der Waals surface area contributed by atoms with Gasteiger partial charge in [0, 0.05) is 35.4 Å². The van der Waals surface area contributed by atoms with Gasteiger partial charge in [-0.15, -0.1) is 0 Å². The predicted molar refractivity (Wildman–Crippen MR) is 82.8 cm³/mol. The molecule has 1 aliphatic rings. The van der Waals surface area contributed by atoms with Crippen LogP contribution in [-0.4, -0.2) is 11.4 Å². The van der Waals surface area contributed by atoms with Gasteiger partial charge in [0.15, 0.2) is 0 Å². The number of nitrogen functional groups attached to an aromatic ring is 1. The van der Waals surface area contributed by atoms with Crippen molar-refractivity contribution in [2.75, 3.05) is 12.3 Å². The molecule has 2 aromatic carbocycles. The summed E-state index contributed by atoms with van der Waals surface area (Å²) in [5, 5.41) is 0. The maximum atomic E-state index is 13.9. The first-order valence-electron chi connectivity index (χ1n) is 6.66. The summed E-state index contributed by atoms with van der Waals surface area (Å²) in [7, 11) is 0. The van der Waals surface area contributed by atoms with Crippen LogP contribution in [0.2, 0.25) is 0 Å². The molecule has 2 aromatic rings. The van der Waals surface area contributed by atoms with Crippen LogP contribution < -0.4 is 5.73 Å². The zero-order valence-corrected chi connectivity index (χ0v) is 12.7. The number of hydrogen-bond donors (Lipinski definition) is 1. The molecule has 0 aliphatic carbocycles. The minimum Gasteiger partial charge on any atom is -0.398 e. The molecule has 2 N–H and O–H groups in total. The van der Waals surface area contributed by atoms with Gasteiger partial charge in [-0.2, -0.15) is 0 Å². The predicted octanol–water partition coefficient (Wildman–Crippen LogP) is 3.73. The van der Waals surface area contributed by atoms with Gasteiger partial charge in [0.1, 0.15) is 5.82 Å². The molecule has 0 aromatic heterocycles. The minimum absolute atomic E-state index is 0.155. The molecule has 0 spiro atoms. The Bertz CT molecular complexity index is 642. The summed E-state index contributed by atoms with van der Waals surface area (Å²) < 4.78 is 14.7. The number of halogens is 2. The van der Waals surface area contributed by atoms with E-state index >= 15 is 0 Å². The number of nitrogens with two attached hydrogens (primary N) is 1. The van der Waals surface area contributed by atoms with Gasteiger partial charge in [0.2, 0.25) is 0 Å². The number of benzene rings is 2. The van der Waals surface area contributed by atoms with Crippen LogP contribution in [0, 0.1) is 5.82 Å². The second-order valence-electron chi connectivity index (χ2n) is 5.18. The minimum atomic E-state index is -0.155. The zero-order valence-electron chi connectivity index (χ0n) is 11.1. The Kier molecular flexibility index (Phi) is 3.76. The average Bonchev–Trinajstić information content (AvgIpc) is 2.42. The summed E-state index contributed by atoms with van der Waals surface area (Å²) in [4.78, 5) is 2.26. The highest BCUT2D eigenvalue weighted by molar-refractivity contribution is 9.10. The zero-order chi connectivity index (χ0) is 14.1. The molecule has 104 valence electrons. The van der Waals surface area contributed by atoms with E-state index in [4.69, 9.17) is 5.73 Å². The molecule has 4 heteroatoms. The summed E-state index contributed by atoms with van der Waals surface area (Å²) in [5.74, 6) is -0.155. The van der Waals surface area contributed by atoms with Crippen LogP contribution in [0.1, 0.15) is 16.7 Å². The van der Waals surface area contributed by atoms with Crippen molar-refractivity contribution >= 4 is 21.6 Å². The number of anilines is 1. The van der Waals surface area contributed by atoms with Crippen molar-refractivity contribution in [3.8, 4) is 0 Å². The smallest absolute Gasteiger partial charge is 0.128 e. The topological polar surface area (TPSA) is 29.3 Å². The Morgan fingerprint density at radius 3 is 2.90 bits per heavy atom. The van der Waals surface area contributed by atoms with Crippen LogP contribution >= 0.6 is 15.9 Å². The van der Waals surface area contributed by atoms with Gasteiger partial charge in [0.05, 0.1) is 0 Å². The van der Waals surface area contributed by atoms with E-state index in [1.807, 2.05) is 24.3 Å². The molecule has 0 atom stereocenters. The summed E-state index contributed by atoms with van der Waals surface area (Å²) in [5.41, 5.74) is 10.1. The van der Waals surface area contributed by atoms with Crippen LogP contribution in [0.3, 0.4) is 0 Å². The number of rotatable bonds is 2. The third-order valence-electron chi connectivity index (χ3n) is 3.79. The Balaban J connectivity index is 1.77. The fourth-order valence-electron chi connectivity index (χ4n) is 2.72. The molecule has 2 nitrogen and oxygen atoms in total. The summed E-state index contributed by atoms with van der Waals surface area (Å²) in [6.45, 7) is 2.37. The van der Waals surface area contributed by atoms with Crippen molar-refractivity contribution < 1.29 is 4.39 Å². The first-order valence-corrected chi connectivity index (χ1v) is 7.45. The second kappa shape index (κ2) is 5.54. The maximum absolute atomic E-state index is 13.9. The SMILES string of the molecule is Nc1cccc2c1CCN(Cc1ccc(Br)cc1F)C2. The molecular weight excluding hydrogens is 319 g/mol. The number of hydrogen-bond acceptors (Lipinski definition) is 2. The second-order valence-corrected chi connectivity index (χ2v) is 6.10. The maximum Gasteiger partial charge on any atom is 0.128 e. The van der Waals surface area contributed by atoms with E-state index < -0.39 is 0 Å². The van der Waals surface area contributed by atoms with Crippen molar-refractivity contribution in [1.82, 2.24) is 4.90 Å². The monoisotopic (exact) mass is 334 g/mol. The first-order chi connectivity index (χ1) is 9.63. The third kappa shape index (κ3) is 2.72. The lowest BCUT2D eigenvalue weighted by Gasteiger charge is -2.29. The molecule has 0 saturated carbocycles. The number of nitrogens with zero attached hydrogens (tertiary/aromatic N) is 1. The highest BCUT2D eigenvalue weighted by Crippen LogP contribution is 2.26. The molecule has 0 unspecified atom stereocenters. The summed E-state index contributed by atoms with van der Waals surface area (Å²) in [6, 6.07) is 11.3. The lowest BCUT2D eigenvalue weighted by atomic mass is 9.97. The van der Waals surface area contributed by atoms with E-state index in [1.165, 1.54) is 17.2 Å². The van der Waals surface area contributed by atoms with Crippen LogP contribution in [0.25, 0.3) is 0 Å². The Hall–Kier alpha value is -1.39. The van der Waals surface area contributed by atoms with Crippen molar-refractivity contribution in [2.45, 2.75) is 19.5 Å². The number of fused-ring (bicyclic) bond motifs is 1. The lowest BCUT2D eigenvalue weighted by Crippen LogP contribution is -2.30. The fraction of sp³-hybridized carbons (Fsp3) is 0.250. The van der Waals surface area contributed by atoms with Gasteiger partial charge in [0.25, 0.3) is 0 Å². The van der Waals surface area contributed by atoms with E-state index in [0.29, 0.717) is 6.54 Å². The molecule has 0 fully saturated rings. The van der Waals surface area contributed by atoms with E-state index in [9.17, 15) is 4.39 Å².